The average molecular weight is 189 g/mol. The normalized spacial score (nSPS) is 27.6. The Hall–Kier alpha value is -0.820. The van der Waals surface area contributed by atoms with E-state index in [9.17, 15) is 0 Å². The summed E-state index contributed by atoms with van der Waals surface area (Å²) in [6.07, 6.45) is 2.60. The summed E-state index contributed by atoms with van der Waals surface area (Å²) in [5.74, 6) is 0.863. The maximum atomic E-state index is 3.59. The van der Waals surface area contributed by atoms with Crippen LogP contribution in [0.2, 0.25) is 0 Å². The molecule has 0 spiro atoms. The van der Waals surface area contributed by atoms with Crippen LogP contribution in [0.4, 0.5) is 0 Å². The summed E-state index contributed by atoms with van der Waals surface area (Å²) in [6, 6.07) is 9.50. The molecule has 76 valence electrons. The SMILES string of the molecule is Cc1ccc(C2CC(C)CCN2)cc1. The minimum Gasteiger partial charge on any atom is -0.310 e. The van der Waals surface area contributed by atoms with Gasteiger partial charge in [-0.1, -0.05) is 36.8 Å². The van der Waals surface area contributed by atoms with E-state index in [0.29, 0.717) is 6.04 Å². The molecule has 1 fully saturated rings. The summed E-state index contributed by atoms with van der Waals surface area (Å²) in [4.78, 5) is 0. The van der Waals surface area contributed by atoms with E-state index in [2.05, 4.69) is 43.4 Å². The Morgan fingerprint density at radius 3 is 2.57 bits per heavy atom. The number of aryl methyl sites for hydroxylation is 1. The van der Waals surface area contributed by atoms with Crippen LogP contribution in [0.5, 0.6) is 0 Å². The zero-order valence-electron chi connectivity index (χ0n) is 9.09. The van der Waals surface area contributed by atoms with Crippen molar-refractivity contribution >= 4 is 0 Å². The van der Waals surface area contributed by atoms with Crippen LogP contribution in [-0.4, -0.2) is 6.54 Å². The number of piperidine rings is 1. The average Bonchev–Trinajstić information content (AvgIpc) is 2.19. The van der Waals surface area contributed by atoms with E-state index in [4.69, 9.17) is 0 Å². The van der Waals surface area contributed by atoms with E-state index < -0.39 is 0 Å². The van der Waals surface area contributed by atoms with Gasteiger partial charge < -0.3 is 5.32 Å². The van der Waals surface area contributed by atoms with Gasteiger partial charge in [0.2, 0.25) is 0 Å². The van der Waals surface area contributed by atoms with Gasteiger partial charge in [-0.3, -0.25) is 0 Å². The van der Waals surface area contributed by atoms with Crippen LogP contribution in [0.1, 0.15) is 36.9 Å². The molecule has 1 nitrogen and oxygen atoms in total. The molecule has 1 N–H and O–H groups in total. The van der Waals surface area contributed by atoms with Crippen LogP contribution in [0.15, 0.2) is 24.3 Å². The number of hydrogen-bond acceptors (Lipinski definition) is 1. The molecule has 0 saturated carbocycles. The summed E-state index contributed by atoms with van der Waals surface area (Å²) in [7, 11) is 0. The van der Waals surface area contributed by atoms with E-state index in [-0.39, 0.29) is 0 Å². The molecule has 1 heteroatoms. The predicted octanol–water partition coefficient (Wildman–Crippen LogP) is 3.06. The van der Waals surface area contributed by atoms with Gasteiger partial charge in [0.1, 0.15) is 0 Å². The van der Waals surface area contributed by atoms with Crippen molar-refractivity contribution in [2.75, 3.05) is 6.54 Å². The lowest BCUT2D eigenvalue weighted by Gasteiger charge is -2.28. The second kappa shape index (κ2) is 4.14. The van der Waals surface area contributed by atoms with Gasteiger partial charge in [0.25, 0.3) is 0 Å². The molecule has 1 aromatic carbocycles. The van der Waals surface area contributed by atoms with Crippen molar-refractivity contribution in [3.8, 4) is 0 Å². The van der Waals surface area contributed by atoms with Crippen LogP contribution in [0.25, 0.3) is 0 Å². The van der Waals surface area contributed by atoms with Gasteiger partial charge in [0.05, 0.1) is 0 Å². The lowest BCUT2D eigenvalue weighted by atomic mass is 9.90. The number of benzene rings is 1. The zero-order chi connectivity index (χ0) is 9.97. The van der Waals surface area contributed by atoms with Crippen molar-refractivity contribution in [1.29, 1.82) is 0 Å². The molecule has 0 amide bonds. The van der Waals surface area contributed by atoms with Crippen LogP contribution >= 0.6 is 0 Å². The van der Waals surface area contributed by atoms with Crippen molar-refractivity contribution < 1.29 is 0 Å². The molecular weight excluding hydrogens is 170 g/mol. The van der Waals surface area contributed by atoms with Gasteiger partial charge in [-0.05, 0) is 37.8 Å². The zero-order valence-corrected chi connectivity index (χ0v) is 9.09. The third kappa shape index (κ3) is 2.16. The summed E-state index contributed by atoms with van der Waals surface area (Å²) in [5, 5.41) is 3.59. The lowest BCUT2D eigenvalue weighted by molar-refractivity contribution is 0.325. The fourth-order valence-corrected chi connectivity index (χ4v) is 2.16. The first-order valence-electron chi connectivity index (χ1n) is 5.55. The molecule has 1 aliphatic heterocycles. The molecule has 2 rings (SSSR count). The van der Waals surface area contributed by atoms with Gasteiger partial charge in [-0.25, -0.2) is 0 Å². The van der Waals surface area contributed by atoms with E-state index in [1.54, 1.807) is 0 Å². The minimum atomic E-state index is 0.583. The standard InChI is InChI=1S/C13H19N/c1-10-3-5-12(6-4-10)13-9-11(2)7-8-14-13/h3-6,11,13-14H,7-9H2,1-2H3. The minimum absolute atomic E-state index is 0.583. The first-order chi connectivity index (χ1) is 6.75. The van der Waals surface area contributed by atoms with Crippen LogP contribution in [0.3, 0.4) is 0 Å². The largest absolute Gasteiger partial charge is 0.310 e. The first kappa shape index (κ1) is 9.72. The predicted molar refractivity (Wildman–Crippen MR) is 60.3 cm³/mol. The Morgan fingerprint density at radius 1 is 1.21 bits per heavy atom. The van der Waals surface area contributed by atoms with Crippen molar-refractivity contribution in [2.24, 2.45) is 5.92 Å². The number of rotatable bonds is 1. The molecule has 1 aromatic rings. The quantitative estimate of drug-likeness (QED) is 0.716. The molecule has 1 saturated heterocycles. The Labute approximate surface area is 86.5 Å². The second-order valence-electron chi connectivity index (χ2n) is 4.55. The van der Waals surface area contributed by atoms with Crippen molar-refractivity contribution in [3.63, 3.8) is 0 Å². The molecule has 2 unspecified atom stereocenters. The van der Waals surface area contributed by atoms with E-state index >= 15 is 0 Å². The van der Waals surface area contributed by atoms with Crippen molar-refractivity contribution in [1.82, 2.24) is 5.32 Å². The monoisotopic (exact) mass is 189 g/mol. The van der Waals surface area contributed by atoms with Gasteiger partial charge in [-0.2, -0.15) is 0 Å². The molecule has 1 heterocycles. The van der Waals surface area contributed by atoms with E-state index in [1.807, 2.05) is 0 Å². The topological polar surface area (TPSA) is 12.0 Å². The smallest absolute Gasteiger partial charge is 0.0322 e. The first-order valence-corrected chi connectivity index (χ1v) is 5.55. The molecule has 14 heavy (non-hydrogen) atoms. The Morgan fingerprint density at radius 2 is 1.93 bits per heavy atom. The molecule has 0 bridgehead atoms. The van der Waals surface area contributed by atoms with Gasteiger partial charge in [0.15, 0.2) is 0 Å². The molecule has 0 aromatic heterocycles. The molecule has 0 aliphatic carbocycles. The van der Waals surface area contributed by atoms with E-state index in [1.165, 1.54) is 30.5 Å². The summed E-state index contributed by atoms with van der Waals surface area (Å²) in [5.41, 5.74) is 2.79. The third-order valence-corrected chi connectivity index (χ3v) is 3.15. The fourth-order valence-electron chi connectivity index (χ4n) is 2.16. The molecule has 0 radical (unpaired) electrons. The van der Waals surface area contributed by atoms with Crippen molar-refractivity contribution in [3.05, 3.63) is 35.4 Å². The van der Waals surface area contributed by atoms with Gasteiger partial charge >= 0.3 is 0 Å². The Kier molecular flexibility index (Phi) is 2.87. The highest BCUT2D eigenvalue weighted by Gasteiger charge is 2.18. The maximum absolute atomic E-state index is 3.59. The fraction of sp³-hybridized carbons (Fsp3) is 0.538. The van der Waals surface area contributed by atoms with E-state index in [0.717, 1.165) is 5.92 Å². The number of hydrogen-bond donors (Lipinski definition) is 1. The summed E-state index contributed by atoms with van der Waals surface area (Å²) in [6.45, 7) is 5.66. The highest BCUT2D eigenvalue weighted by atomic mass is 14.9. The lowest BCUT2D eigenvalue weighted by Crippen LogP contribution is -2.30. The Balaban J connectivity index is 2.10. The molecular formula is C13H19N. The highest BCUT2D eigenvalue weighted by Crippen LogP contribution is 2.26. The van der Waals surface area contributed by atoms with Gasteiger partial charge in [-0.15, -0.1) is 0 Å². The summed E-state index contributed by atoms with van der Waals surface area (Å²) >= 11 is 0. The maximum Gasteiger partial charge on any atom is 0.0322 e. The van der Waals surface area contributed by atoms with Gasteiger partial charge in [0, 0.05) is 6.04 Å². The molecule has 2 atom stereocenters. The molecule has 1 aliphatic rings. The van der Waals surface area contributed by atoms with Crippen LogP contribution in [0, 0.1) is 12.8 Å². The second-order valence-corrected chi connectivity index (χ2v) is 4.55. The van der Waals surface area contributed by atoms with Crippen LogP contribution < -0.4 is 5.32 Å². The Bertz CT molecular complexity index is 289. The van der Waals surface area contributed by atoms with Crippen LogP contribution in [-0.2, 0) is 0 Å². The summed E-state index contributed by atoms with van der Waals surface area (Å²) < 4.78 is 0. The number of nitrogens with one attached hydrogen (secondary N) is 1. The van der Waals surface area contributed by atoms with Crippen molar-refractivity contribution in [2.45, 2.75) is 32.7 Å². The third-order valence-electron chi connectivity index (χ3n) is 3.15. The highest BCUT2D eigenvalue weighted by molar-refractivity contribution is 5.24.